The Balaban J connectivity index is 2.16. The van der Waals surface area contributed by atoms with Gasteiger partial charge in [-0.1, -0.05) is 50.6 Å². The Morgan fingerprint density at radius 3 is 2.59 bits per heavy atom. The topological polar surface area (TPSA) is 37.8 Å². The lowest BCUT2D eigenvalue weighted by atomic mass is 10.1. The summed E-state index contributed by atoms with van der Waals surface area (Å²) in [6, 6.07) is 0. The van der Waals surface area contributed by atoms with E-state index in [1.165, 1.54) is 44.9 Å². The van der Waals surface area contributed by atoms with Crippen molar-refractivity contribution in [1.29, 1.82) is 0 Å². The predicted octanol–water partition coefficient (Wildman–Crippen LogP) is 4.21. The minimum atomic E-state index is 0.533. The van der Waals surface area contributed by atoms with E-state index in [0.29, 0.717) is 5.15 Å². The largest absolute Gasteiger partial charge is 0.370 e. The third kappa shape index (κ3) is 5.35. The van der Waals surface area contributed by atoms with Gasteiger partial charge in [-0.05, 0) is 13.3 Å². The molecule has 0 spiro atoms. The summed E-state index contributed by atoms with van der Waals surface area (Å²) in [5.74, 6) is 0.860. The summed E-state index contributed by atoms with van der Waals surface area (Å²) in [7, 11) is 0. The highest BCUT2D eigenvalue weighted by molar-refractivity contribution is 6.30. The molecule has 0 aromatic carbocycles. The van der Waals surface area contributed by atoms with E-state index in [2.05, 4.69) is 22.2 Å². The second-order valence-electron chi connectivity index (χ2n) is 4.33. The zero-order valence-corrected chi connectivity index (χ0v) is 11.6. The molecule has 0 aliphatic heterocycles. The Morgan fingerprint density at radius 2 is 1.82 bits per heavy atom. The first-order valence-electron chi connectivity index (χ1n) is 6.46. The van der Waals surface area contributed by atoms with Crippen LogP contribution in [-0.4, -0.2) is 16.5 Å². The van der Waals surface area contributed by atoms with E-state index in [1.54, 1.807) is 0 Å². The van der Waals surface area contributed by atoms with Crippen LogP contribution in [0.3, 0.4) is 0 Å². The number of hydrogen-bond acceptors (Lipinski definition) is 3. The molecule has 0 bridgehead atoms. The first-order valence-corrected chi connectivity index (χ1v) is 6.84. The quantitative estimate of drug-likeness (QED) is 0.559. The smallest absolute Gasteiger partial charge is 0.137 e. The van der Waals surface area contributed by atoms with Gasteiger partial charge in [0.25, 0.3) is 0 Å². The molecule has 1 heterocycles. The summed E-state index contributed by atoms with van der Waals surface area (Å²) < 4.78 is 0. The van der Waals surface area contributed by atoms with E-state index in [4.69, 9.17) is 11.6 Å². The lowest BCUT2D eigenvalue weighted by Gasteiger charge is -2.08. The molecule has 0 atom stereocenters. The monoisotopic (exact) mass is 255 g/mol. The van der Waals surface area contributed by atoms with Gasteiger partial charge >= 0.3 is 0 Å². The van der Waals surface area contributed by atoms with Crippen LogP contribution in [0, 0.1) is 6.92 Å². The van der Waals surface area contributed by atoms with Gasteiger partial charge in [0.2, 0.25) is 0 Å². The van der Waals surface area contributed by atoms with Gasteiger partial charge in [0.1, 0.15) is 17.3 Å². The fraction of sp³-hybridized carbons (Fsp3) is 0.692. The molecular weight excluding hydrogens is 234 g/mol. The van der Waals surface area contributed by atoms with Gasteiger partial charge in [0.05, 0.1) is 0 Å². The van der Waals surface area contributed by atoms with Crippen molar-refractivity contribution in [2.24, 2.45) is 0 Å². The molecule has 0 aliphatic carbocycles. The maximum Gasteiger partial charge on any atom is 0.137 e. The van der Waals surface area contributed by atoms with Gasteiger partial charge in [-0.3, -0.25) is 0 Å². The second kappa shape index (κ2) is 8.29. The Hall–Kier alpha value is -0.830. The number of unbranched alkanes of at least 4 members (excludes halogenated alkanes) is 5. The fourth-order valence-electron chi connectivity index (χ4n) is 1.72. The average molecular weight is 256 g/mol. The number of halogens is 1. The first-order chi connectivity index (χ1) is 8.25. The van der Waals surface area contributed by atoms with Gasteiger partial charge in [0.15, 0.2) is 0 Å². The minimum absolute atomic E-state index is 0.533. The number of aromatic nitrogens is 2. The van der Waals surface area contributed by atoms with Gasteiger partial charge < -0.3 is 5.32 Å². The molecule has 4 heteroatoms. The standard InChI is InChI=1S/C13H22ClN3/c1-3-4-5-6-7-8-9-15-13-11(2)12(14)16-10-17-13/h10H,3-9H2,1-2H3,(H,15,16,17). The first kappa shape index (κ1) is 14.2. The molecule has 1 aromatic heterocycles. The summed E-state index contributed by atoms with van der Waals surface area (Å²) in [5, 5.41) is 3.84. The predicted molar refractivity (Wildman–Crippen MR) is 73.6 cm³/mol. The van der Waals surface area contributed by atoms with Crippen molar-refractivity contribution in [3.05, 3.63) is 17.0 Å². The number of anilines is 1. The van der Waals surface area contributed by atoms with Crippen LogP contribution in [0.25, 0.3) is 0 Å². The van der Waals surface area contributed by atoms with Crippen molar-refractivity contribution in [1.82, 2.24) is 9.97 Å². The summed E-state index contributed by atoms with van der Waals surface area (Å²) in [6.07, 6.45) is 9.31. The van der Waals surface area contributed by atoms with E-state index < -0.39 is 0 Å². The van der Waals surface area contributed by atoms with Crippen LogP contribution in [0.1, 0.15) is 51.0 Å². The second-order valence-corrected chi connectivity index (χ2v) is 4.69. The normalized spacial score (nSPS) is 10.5. The molecule has 0 unspecified atom stereocenters. The fourth-order valence-corrected chi connectivity index (χ4v) is 1.85. The van der Waals surface area contributed by atoms with Crippen molar-refractivity contribution >= 4 is 17.4 Å². The number of hydrogen-bond donors (Lipinski definition) is 1. The molecule has 1 N–H and O–H groups in total. The van der Waals surface area contributed by atoms with Crippen molar-refractivity contribution in [3.63, 3.8) is 0 Å². The number of nitrogens with zero attached hydrogens (tertiary/aromatic N) is 2. The lowest BCUT2D eigenvalue weighted by Crippen LogP contribution is -2.05. The van der Waals surface area contributed by atoms with Crippen LogP contribution in [0.4, 0.5) is 5.82 Å². The zero-order chi connectivity index (χ0) is 12.5. The molecule has 3 nitrogen and oxygen atoms in total. The van der Waals surface area contributed by atoms with Crippen molar-refractivity contribution in [2.45, 2.75) is 52.4 Å². The Kier molecular flexibility index (Phi) is 6.94. The van der Waals surface area contributed by atoms with E-state index in [9.17, 15) is 0 Å². The minimum Gasteiger partial charge on any atom is -0.370 e. The van der Waals surface area contributed by atoms with Crippen molar-refractivity contribution < 1.29 is 0 Å². The summed E-state index contributed by atoms with van der Waals surface area (Å²) in [4.78, 5) is 8.11. The highest BCUT2D eigenvalue weighted by Crippen LogP contribution is 2.17. The van der Waals surface area contributed by atoms with Gasteiger partial charge in [-0.2, -0.15) is 0 Å². The van der Waals surface area contributed by atoms with E-state index in [0.717, 1.165) is 17.9 Å². The van der Waals surface area contributed by atoms with E-state index in [1.807, 2.05) is 6.92 Å². The Bertz CT molecular complexity index is 328. The molecule has 0 radical (unpaired) electrons. The van der Waals surface area contributed by atoms with Gasteiger partial charge in [-0.25, -0.2) is 9.97 Å². The Labute approximate surface area is 109 Å². The maximum absolute atomic E-state index is 5.92. The highest BCUT2D eigenvalue weighted by Gasteiger charge is 2.03. The maximum atomic E-state index is 5.92. The summed E-state index contributed by atoms with van der Waals surface area (Å²) in [6.45, 7) is 5.13. The molecule has 96 valence electrons. The van der Waals surface area contributed by atoms with Gasteiger partial charge in [0, 0.05) is 12.1 Å². The average Bonchev–Trinajstić information content (AvgIpc) is 2.33. The SMILES string of the molecule is CCCCCCCCNc1ncnc(Cl)c1C. The van der Waals surface area contributed by atoms with Gasteiger partial charge in [-0.15, -0.1) is 0 Å². The number of rotatable bonds is 8. The van der Waals surface area contributed by atoms with Crippen LogP contribution >= 0.6 is 11.6 Å². The molecule has 0 amide bonds. The van der Waals surface area contributed by atoms with E-state index >= 15 is 0 Å². The van der Waals surface area contributed by atoms with E-state index in [-0.39, 0.29) is 0 Å². The van der Waals surface area contributed by atoms with Crippen LogP contribution < -0.4 is 5.32 Å². The molecule has 0 aliphatic rings. The van der Waals surface area contributed by atoms with Crippen LogP contribution in [0.15, 0.2) is 6.33 Å². The third-order valence-electron chi connectivity index (χ3n) is 2.85. The van der Waals surface area contributed by atoms with Crippen LogP contribution in [0.5, 0.6) is 0 Å². The van der Waals surface area contributed by atoms with Crippen LogP contribution in [0.2, 0.25) is 5.15 Å². The third-order valence-corrected chi connectivity index (χ3v) is 3.23. The molecule has 17 heavy (non-hydrogen) atoms. The zero-order valence-electron chi connectivity index (χ0n) is 10.8. The molecule has 1 aromatic rings. The molecule has 0 fully saturated rings. The van der Waals surface area contributed by atoms with Crippen LogP contribution in [-0.2, 0) is 0 Å². The molecule has 0 saturated heterocycles. The molecule has 1 rings (SSSR count). The van der Waals surface area contributed by atoms with Crippen molar-refractivity contribution in [2.75, 3.05) is 11.9 Å². The lowest BCUT2D eigenvalue weighted by molar-refractivity contribution is 0.616. The summed E-state index contributed by atoms with van der Waals surface area (Å²) >= 11 is 5.92. The summed E-state index contributed by atoms with van der Waals surface area (Å²) in [5.41, 5.74) is 0.931. The highest BCUT2D eigenvalue weighted by atomic mass is 35.5. The number of nitrogens with one attached hydrogen (secondary N) is 1. The molecule has 0 saturated carbocycles. The van der Waals surface area contributed by atoms with Crippen molar-refractivity contribution in [3.8, 4) is 0 Å². The molecular formula is C13H22ClN3. The Morgan fingerprint density at radius 1 is 1.12 bits per heavy atom.